The fourth-order valence-electron chi connectivity index (χ4n) is 4.29. The van der Waals surface area contributed by atoms with E-state index in [1.165, 1.54) is 12.1 Å². The smallest absolute Gasteiger partial charge is 0.382 e. The molecule has 0 aromatic heterocycles. The van der Waals surface area contributed by atoms with Gasteiger partial charge in [-0.25, -0.2) is 0 Å². The van der Waals surface area contributed by atoms with Gasteiger partial charge < -0.3 is 20.3 Å². The number of anilines is 1. The number of nitrogens with zero attached hydrogens (tertiary/aromatic N) is 1. The maximum atomic E-state index is 13.1. The van der Waals surface area contributed by atoms with Crippen molar-refractivity contribution in [1.29, 1.82) is 0 Å². The summed E-state index contributed by atoms with van der Waals surface area (Å²) in [5, 5.41) is 6.04. The third-order valence-electron chi connectivity index (χ3n) is 6.09. The van der Waals surface area contributed by atoms with Gasteiger partial charge in [0.2, 0.25) is 0 Å². The highest BCUT2D eigenvalue weighted by Gasteiger charge is 2.36. The van der Waals surface area contributed by atoms with Gasteiger partial charge in [-0.1, -0.05) is 36.4 Å². The molecule has 0 fully saturated rings. The van der Waals surface area contributed by atoms with Crippen LogP contribution in [-0.4, -0.2) is 36.5 Å². The van der Waals surface area contributed by atoms with Crippen LogP contribution >= 0.6 is 0 Å². The molecule has 2 amide bonds. The monoisotopic (exact) mass is 511 g/mol. The van der Waals surface area contributed by atoms with E-state index in [-0.39, 0.29) is 12.5 Å². The van der Waals surface area contributed by atoms with Gasteiger partial charge in [0.25, 0.3) is 11.8 Å². The van der Waals surface area contributed by atoms with E-state index in [1.807, 2.05) is 25.1 Å². The molecule has 37 heavy (non-hydrogen) atoms. The van der Waals surface area contributed by atoms with Crippen LogP contribution in [0.2, 0.25) is 0 Å². The molecule has 0 saturated carbocycles. The maximum Gasteiger partial charge on any atom is 0.416 e. The summed E-state index contributed by atoms with van der Waals surface area (Å²) in [7, 11) is 0. The summed E-state index contributed by atoms with van der Waals surface area (Å²) in [6.07, 6.45) is -4.17. The first-order valence-corrected chi connectivity index (χ1v) is 12.1. The standard InChI is InChI=1S/C28H28F3N3O3/c1-2-37-15-7-14-34-25(23-12-3-4-13-24(23)27(34)36)33-22-11-6-9-20(17-22)26(35)32-18-19-8-5-10-21(16-19)28(29,30)31/h3-6,8-13,16-17,25,33H,2,7,14-15,18H2,1H3,(H,32,35). The SMILES string of the molecule is CCOCCCN1C(=O)c2ccccc2C1Nc1cccc(C(=O)NCc2cccc(C(F)(F)F)c2)c1. The zero-order valence-electron chi connectivity index (χ0n) is 20.3. The van der Waals surface area contributed by atoms with Gasteiger partial charge in [-0.05, 0) is 55.3 Å². The minimum atomic E-state index is -4.45. The summed E-state index contributed by atoms with van der Waals surface area (Å²) < 4.78 is 44.3. The first-order valence-electron chi connectivity index (χ1n) is 12.1. The van der Waals surface area contributed by atoms with Crippen LogP contribution in [0.5, 0.6) is 0 Å². The van der Waals surface area contributed by atoms with E-state index in [1.54, 1.807) is 35.2 Å². The summed E-state index contributed by atoms with van der Waals surface area (Å²) in [5.74, 6) is -0.489. The van der Waals surface area contributed by atoms with Gasteiger partial charge in [0.1, 0.15) is 6.17 Å². The Labute approximate surface area is 213 Å². The number of amides is 2. The van der Waals surface area contributed by atoms with E-state index in [2.05, 4.69) is 10.6 Å². The molecule has 6 nitrogen and oxygen atoms in total. The topological polar surface area (TPSA) is 70.7 Å². The predicted molar refractivity (Wildman–Crippen MR) is 134 cm³/mol. The van der Waals surface area contributed by atoms with Gasteiger partial charge in [-0.2, -0.15) is 13.2 Å². The number of halogens is 3. The molecule has 1 aliphatic rings. The molecular formula is C28H28F3N3O3. The molecule has 1 atom stereocenters. The summed E-state index contributed by atoms with van der Waals surface area (Å²) in [6, 6.07) is 19.1. The van der Waals surface area contributed by atoms with Crippen LogP contribution in [0.15, 0.2) is 72.8 Å². The van der Waals surface area contributed by atoms with Crippen LogP contribution < -0.4 is 10.6 Å². The van der Waals surface area contributed by atoms with Gasteiger partial charge in [0.15, 0.2) is 0 Å². The Bertz CT molecular complexity index is 1260. The number of carbonyl (C=O) groups excluding carboxylic acids is 2. The Balaban J connectivity index is 1.46. The third kappa shape index (κ3) is 6.29. The Morgan fingerprint density at radius 3 is 2.59 bits per heavy atom. The van der Waals surface area contributed by atoms with Crippen LogP contribution in [0.1, 0.15) is 56.9 Å². The second-order valence-electron chi connectivity index (χ2n) is 8.64. The molecule has 1 aliphatic heterocycles. The molecular weight excluding hydrogens is 483 g/mol. The molecule has 0 aliphatic carbocycles. The van der Waals surface area contributed by atoms with Crippen LogP contribution in [0.3, 0.4) is 0 Å². The predicted octanol–water partition coefficient (Wildman–Crippen LogP) is 5.63. The fourth-order valence-corrected chi connectivity index (χ4v) is 4.29. The van der Waals surface area contributed by atoms with Crippen molar-refractivity contribution in [2.75, 3.05) is 25.1 Å². The van der Waals surface area contributed by atoms with Crippen LogP contribution in [0, 0.1) is 0 Å². The number of nitrogens with one attached hydrogen (secondary N) is 2. The second kappa shape index (κ2) is 11.5. The fraction of sp³-hybridized carbons (Fsp3) is 0.286. The molecule has 1 unspecified atom stereocenters. The average molecular weight is 512 g/mol. The van der Waals surface area contributed by atoms with Crippen molar-refractivity contribution >= 4 is 17.5 Å². The van der Waals surface area contributed by atoms with Gasteiger partial charge in [0.05, 0.1) is 5.56 Å². The lowest BCUT2D eigenvalue weighted by Crippen LogP contribution is -2.33. The van der Waals surface area contributed by atoms with Crippen molar-refractivity contribution in [3.63, 3.8) is 0 Å². The summed E-state index contributed by atoms with van der Waals surface area (Å²) in [4.78, 5) is 27.6. The number of alkyl halides is 3. The highest BCUT2D eigenvalue weighted by atomic mass is 19.4. The molecule has 4 rings (SSSR count). The minimum Gasteiger partial charge on any atom is -0.382 e. The Kier molecular flexibility index (Phi) is 8.13. The lowest BCUT2D eigenvalue weighted by Gasteiger charge is -2.27. The lowest BCUT2D eigenvalue weighted by atomic mass is 10.1. The van der Waals surface area contributed by atoms with Crippen LogP contribution in [-0.2, 0) is 17.5 Å². The molecule has 0 spiro atoms. The van der Waals surface area contributed by atoms with Crippen molar-refractivity contribution in [3.05, 3.63) is 101 Å². The van der Waals surface area contributed by atoms with E-state index in [0.717, 1.165) is 17.7 Å². The van der Waals surface area contributed by atoms with Gasteiger partial charge in [-0.3, -0.25) is 9.59 Å². The number of benzene rings is 3. The van der Waals surface area contributed by atoms with E-state index in [4.69, 9.17) is 4.74 Å². The Morgan fingerprint density at radius 1 is 1.03 bits per heavy atom. The first-order chi connectivity index (χ1) is 17.8. The average Bonchev–Trinajstić information content (AvgIpc) is 3.15. The van der Waals surface area contributed by atoms with E-state index >= 15 is 0 Å². The highest BCUT2D eigenvalue weighted by molar-refractivity contribution is 5.99. The first kappa shape index (κ1) is 26.2. The zero-order chi connectivity index (χ0) is 26.4. The van der Waals surface area contributed by atoms with E-state index in [9.17, 15) is 22.8 Å². The maximum absolute atomic E-state index is 13.1. The normalized spacial score (nSPS) is 15.0. The number of fused-ring (bicyclic) bond motifs is 1. The summed E-state index contributed by atoms with van der Waals surface area (Å²) in [6.45, 7) is 3.54. The summed E-state index contributed by atoms with van der Waals surface area (Å²) >= 11 is 0. The van der Waals surface area contributed by atoms with Gasteiger partial charge in [0, 0.05) is 48.7 Å². The molecule has 194 valence electrons. The molecule has 0 bridgehead atoms. The van der Waals surface area contributed by atoms with Crippen molar-refractivity contribution in [2.24, 2.45) is 0 Å². The lowest BCUT2D eigenvalue weighted by molar-refractivity contribution is -0.137. The quantitative estimate of drug-likeness (QED) is 0.346. The van der Waals surface area contributed by atoms with Gasteiger partial charge >= 0.3 is 6.18 Å². The van der Waals surface area contributed by atoms with Crippen LogP contribution in [0.4, 0.5) is 18.9 Å². The van der Waals surface area contributed by atoms with E-state index < -0.39 is 23.8 Å². The van der Waals surface area contributed by atoms with Crippen molar-refractivity contribution in [3.8, 4) is 0 Å². The molecule has 2 N–H and O–H groups in total. The van der Waals surface area contributed by atoms with Crippen LogP contribution in [0.25, 0.3) is 0 Å². The number of ether oxygens (including phenoxy) is 1. The minimum absolute atomic E-state index is 0.0431. The van der Waals surface area contributed by atoms with Gasteiger partial charge in [-0.15, -0.1) is 0 Å². The van der Waals surface area contributed by atoms with Crippen molar-refractivity contribution in [1.82, 2.24) is 10.2 Å². The number of rotatable bonds is 10. The molecule has 3 aromatic carbocycles. The highest BCUT2D eigenvalue weighted by Crippen LogP contribution is 2.34. The molecule has 3 aromatic rings. The molecule has 9 heteroatoms. The zero-order valence-corrected chi connectivity index (χ0v) is 20.3. The molecule has 0 saturated heterocycles. The van der Waals surface area contributed by atoms with Crippen molar-refractivity contribution < 1.29 is 27.5 Å². The Morgan fingerprint density at radius 2 is 1.81 bits per heavy atom. The summed E-state index contributed by atoms with van der Waals surface area (Å²) in [5.41, 5.74) is 2.05. The number of hydrogen-bond donors (Lipinski definition) is 2. The number of hydrogen-bond acceptors (Lipinski definition) is 4. The van der Waals surface area contributed by atoms with E-state index in [0.29, 0.717) is 48.6 Å². The molecule has 1 heterocycles. The van der Waals surface area contributed by atoms with Crippen molar-refractivity contribution in [2.45, 2.75) is 32.2 Å². The number of carbonyl (C=O) groups is 2. The largest absolute Gasteiger partial charge is 0.416 e. The Hall–Kier alpha value is -3.85. The second-order valence-corrected chi connectivity index (χ2v) is 8.64. The molecule has 0 radical (unpaired) electrons. The third-order valence-corrected chi connectivity index (χ3v) is 6.09.